The Morgan fingerprint density at radius 3 is 2.47 bits per heavy atom. The summed E-state index contributed by atoms with van der Waals surface area (Å²) in [5.41, 5.74) is 0.853. The van der Waals surface area contributed by atoms with Crippen molar-refractivity contribution < 1.29 is 23.2 Å². The highest BCUT2D eigenvalue weighted by molar-refractivity contribution is 5.91. The van der Waals surface area contributed by atoms with Gasteiger partial charge in [-0.3, -0.25) is 19.6 Å². The number of amides is 1. The second-order valence-corrected chi connectivity index (χ2v) is 6.60. The number of hydrogen-bond donors (Lipinski definition) is 1. The Morgan fingerprint density at radius 2 is 1.87 bits per heavy atom. The van der Waals surface area contributed by atoms with Crippen LogP contribution in [0.15, 0.2) is 48.5 Å². The van der Waals surface area contributed by atoms with Gasteiger partial charge in [-0.2, -0.15) is 5.10 Å². The van der Waals surface area contributed by atoms with E-state index < -0.39 is 22.9 Å². The number of rotatable bonds is 7. The molecule has 10 heteroatoms. The molecule has 156 valence electrons. The molecule has 1 heterocycles. The summed E-state index contributed by atoms with van der Waals surface area (Å²) < 4.78 is 32.3. The predicted molar refractivity (Wildman–Crippen MR) is 105 cm³/mol. The van der Waals surface area contributed by atoms with Crippen molar-refractivity contribution in [3.8, 4) is 11.5 Å². The van der Waals surface area contributed by atoms with E-state index in [1.165, 1.54) is 24.3 Å². The number of aromatic nitrogens is 2. The van der Waals surface area contributed by atoms with Crippen LogP contribution in [-0.4, -0.2) is 20.6 Å². The first-order valence-corrected chi connectivity index (χ1v) is 8.87. The molecule has 0 bridgehead atoms. The van der Waals surface area contributed by atoms with E-state index in [2.05, 4.69) is 10.4 Å². The van der Waals surface area contributed by atoms with Gasteiger partial charge in [-0.15, -0.1) is 0 Å². The van der Waals surface area contributed by atoms with E-state index in [1.807, 2.05) is 19.1 Å². The number of benzene rings is 2. The van der Waals surface area contributed by atoms with Gasteiger partial charge in [0.1, 0.15) is 23.7 Å². The minimum Gasteiger partial charge on any atom is -0.457 e. The molecule has 1 N–H and O–H groups in total. The Labute approximate surface area is 170 Å². The van der Waals surface area contributed by atoms with Gasteiger partial charge in [0.2, 0.25) is 5.91 Å². The Morgan fingerprint density at radius 1 is 1.17 bits per heavy atom. The van der Waals surface area contributed by atoms with Gasteiger partial charge in [0.25, 0.3) is 12.1 Å². The van der Waals surface area contributed by atoms with Crippen LogP contribution >= 0.6 is 0 Å². The van der Waals surface area contributed by atoms with Crippen molar-refractivity contribution in [1.29, 1.82) is 0 Å². The molecular formula is C20H18F2N4O4. The maximum atomic E-state index is 12.8. The standard InChI is InChI=1S/C20H18F2N4O4/c1-12-3-5-16(6-4-12)30-17-9-14(8-15(10-17)26(28)29)23-19(27)11-25-13(2)7-18(24-25)20(21)22/h3-10,20H,11H2,1-2H3,(H,23,27). The molecule has 2 aromatic carbocycles. The Hall–Kier alpha value is -3.82. The molecule has 3 rings (SSSR count). The molecule has 3 aromatic rings. The molecular weight excluding hydrogens is 398 g/mol. The lowest BCUT2D eigenvalue weighted by atomic mass is 10.2. The zero-order chi connectivity index (χ0) is 21.8. The van der Waals surface area contributed by atoms with Crippen molar-refractivity contribution in [2.45, 2.75) is 26.8 Å². The van der Waals surface area contributed by atoms with Crippen LogP contribution in [0.3, 0.4) is 0 Å². The third-order valence-corrected chi connectivity index (χ3v) is 4.16. The molecule has 0 unspecified atom stereocenters. The lowest BCUT2D eigenvalue weighted by Gasteiger charge is -2.10. The van der Waals surface area contributed by atoms with Gasteiger partial charge in [0, 0.05) is 17.8 Å². The molecule has 1 amide bonds. The van der Waals surface area contributed by atoms with Crippen LogP contribution < -0.4 is 10.1 Å². The second-order valence-electron chi connectivity index (χ2n) is 6.60. The van der Waals surface area contributed by atoms with Crippen molar-refractivity contribution in [2.75, 3.05) is 5.32 Å². The predicted octanol–water partition coefficient (Wildman–Crippen LogP) is 4.78. The van der Waals surface area contributed by atoms with E-state index in [0.717, 1.165) is 10.2 Å². The second kappa shape index (κ2) is 8.68. The van der Waals surface area contributed by atoms with Crippen molar-refractivity contribution in [3.05, 3.63) is 75.6 Å². The van der Waals surface area contributed by atoms with Gasteiger partial charge in [-0.1, -0.05) is 17.7 Å². The van der Waals surface area contributed by atoms with Gasteiger partial charge in [0.05, 0.1) is 16.7 Å². The highest BCUT2D eigenvalue weighted by Gasteiger charge is 2.17. The van der Waals surface area contributed by atoms with Gasteiger partial charge in [0.15, 0.2) is 0 Å². The normalized spacial score (nSPS) is 10.8. The van der Waals surface area contributed by atoms with E-state index in [-0.39, 0.29) is 23.7 Å². The van der Waals surface area contributed by atoms with Gasteiger partial charge < -0.3 is 10.1 Å². The molecule has 0 saturated carbocycles. The van der Waals surface area contributed by atoms with Crippen LogP contribution in [0.2, 0.25) is 0 Å². The molecule has 0 saturated heterocycles. The number of ether oxygens (including phenoxy) is 1. The summed E-state index contributed by atoms with van der Waals surface area (Å²) in [6, 6.07) is 12.1. The third-order valence-electron chi connectivity index (χ3n) is 4.16. The zero-order valence-electron chi connectivity index (χ0n) is 16.1. The lowest BCUT2D eigenvalue weighted by Crippen LogP contribution is -2.20. The summed E-state index contributed by atoms with van der Waals surface area (Å²) >= 11 is 0. The maximum Gasteiger partial charge on any atom is 0.282 e. The minimum atomic E-state index is -2.74. The summed E-state index contributed by atoms with van der Waals surface area (Å²) in [5, 5.41) is 17.4. The molecule has 8 nitrogen and oxygen atoms in total. The molecule has 30 heavy (non-hydrogen) atoms. The third kappa shape index (κ3) is 5.16. The van der Waals surface area contributed by atoms with E-state index in [0.29, 0.717) is 11.4 Å². The number of hydrogen-bond acceptors (Lipinski definition) is 5. The molecule has 1 aromatic heterocycles. The van der Waals surface area contributed by atoms with Crippen molar-refractivity contribution in [3.63, 3.8) is 0 Å². The Balaban J connectivity index is 1.78. The summed E-state index contributed by atoms with van der Waals surface area (Å²) in [4.78, 5) is 23.0. The molecule has 0 aliphatic rings. The number of aryl methyl sites for hydroxylation is 2. The summed E-state index contributed by atoms with van der Waals surface area (Å²) in [6.07, 6.45) is -2.74. The summed E-state index contributed by atoms with van der Waals surface area (Å²) in [5.74, 6) is 0.0625. The summed E-state index contributed by atoms with van der Waals surface area (Å²) in [6.45, 7) is 3.14. The molecule has 0 fully saturated rings. The highest BCUT2D eigenvalue weighted by Crippen LogP contribution is 2.30. The van der Waals surface area contributed by atoms with Crippen LogP contribution in [0, 0.1) is 24.0 Å². The molecule has 0 radical (unpaired) electrons. The minimum absolute atomic E-state index is 0.134. The monoisotopic (exact) mass is 416 g/mol. The number of nitrogens with zero attached hydrogens (tertiary/aromatic N) is 3. The van der Waals surface area contributed by atoms with Crippen LogP contribution in [0.5, 0.6) is 11.5 Å². The van der Waals surface area contributed by atoms with Crippen LogP contribution in [0.1, 0.15) is 23.4 Å². The van der Waals surface area contributed by atoms with Gasteiger partial charge in [-0.05, 0) is 32.0 Å². The van der Waals surface area contributed by atoms with Crippen LogP contribution in [-0.2, 0) is 11.3 Å². The largest absolute Gasteiger partial charge is 0.457 e. The molecule has 0 atom stereocenters. The van der Waals surface area contributed by atoms with Gasteiger partial charge in [-0.25, -0.2) is 8.78 Å². The van der Waals surface area contributed by atoms with E-state index in [1.54, 1.807) is 19.1 Å². The average molecular weight is 416 g/mol. The number of alkyl halides is 2. The number of carbonyl (C=O) groups is 1. The van der Waals surface area contributed by atoms with Gasteiger partial charge >= 0.3 is 0 Å². The topological polar surface area (TPSA) is 99.3 Å². The number of halogens is 2. The van der Waals surface area contributed by atoms with Crippen LogP contribution in [0.4, 0.5) is 20.2 Å². The fourth-order valence-corrected chi connectivity index (χ4v) is 2.70. The first-order chi connectivity index (χ1) is 14.2. The Bertz CT molecular complexity index is 1080. The molecule has 0 spiro atoms. The highest BCUT2D eigenvalue weighted by atomic mass is 19.3. The zero-order valence-corrected chi connectivity index (χ0v) is 16.1. The van der Waals surface area contributed by atoms with Crippen molar-refractivity contribution >= 4 is 17.3 Å². The van der Waals surface area contributed by atoms with E-state index in [9.17, 15) is 23.7 Å². The number of nitro groups is 1. The smallest absolute Gasteiger partial charge is 0.282 e. The SMILES string of the molecule is Cc1ccc(Oc2cc(NC(=O)Cn3nc(C(F)F)cc3C)cc([N+](=O)[O-])c2)cc1. The molecule has 0 aliphatic heterocycles. The quantitative estimate of drug-likeness (QED) is 0.442. The van der Waals surface area contributed by atoms with E-state index >= 15 is 0 Å². The maximum absolute atomic E-state index is 12.8. The Kier molecular flexibility index (Phi) is 6.05. The van der Waals surface area contributed by atoms with E-state index in [4.69, 9.17) is 4.74 Å². The van der Waals surface area contributed by atoms with Crippen molar-refractivity contribution in [2.24, 2.45) is 0 Å². The molecule has 0 aliphatic carbocycles. The number of nitro benzene ring substituents is 1. The number of non-ortho nitro benzene ring substituents is 1. The first-order valence-electron chi connectivity index (χ1n) is 8.87. The summed E-state index contributed by atoms with van der Waals surface area (Å²) in [7, 11) is 0. The van der Waals surface area contributed by atoms with Crippen LogP contribution in [0.25, 0.3) is 0 Å². The number of anilines is 1. The first kappa shape index (κ1) is 20.9. The number of carbonyl (C=O) groups excluding carboxylic acids is 1. The number of nitrogens with one attached hydrogen (secondary N) is 1. The fraction of sp³-hybridized carbons (Fsp3) is 0.200. The average Bonchev–Trinajstić information content (AvgIpc) is 3.04. The fourth-order valence-electron chi connectivity index (χ4n) is 2.70. The van der Waals surface area contributed by atoms with Crippen molar-refractivity contribution in [1.82, 2.24) is 9.78 Å². The lowest BCUT2D eigenvalue weighted by molar-refractivity contribution is -0.384.